The number of allylic oxidation sites excluding steroid dienone is 2. The van der Waals surface area contributed by atoms with Crippen LogP contribution in [0.2, 0.25) is 0 Å². The molecule has 1 aliphatic carbocycles. The van der Waals surface area contributed by atoms with Crippen LogP contribution >= 0.6 is 0 Å². The number of ketones is 1. The molecule has 1 aliphatic rings. The van der Waals surface area contributed by atoms with Gasteiger partial charge in [0.25, 0.3) is 0 Å². The van der Waals surface area contributed by atoms with Gasteiger partial charge in [-0.1, -0.05) is 32.6 Å². The Morgan fingerprint density at radius 2 is 1.77 bits per heavy atom. The predicted octanol–water partition coefficient (Wildman–Crippen LogP) is 4.32. The molecule has 0 radical (unpaired) electrons. The summed E-state index contributed by atoms with van der Waals surface area (Å²) in [5, 5.41) is 0. The van der Waals surface area contributed by atoms with Gasteiger partial charge in [0.1, 0.15) is 5.76 Å². The fraction of sp³-hybridized carbons (Fsp3) is 0.778. The minimum absolute atomic E-state index is 0.129. The van der Waals surface area contributed by atoms with E-state index < -0.39 is 0 Å². The first kappa shape index (κ1) is 18.7. The lowest BCUT2D eigenvalue weighted by atomic mass is 10.0. The van der Waals surface area contributed by atoms with Crippen LogP contribution in [0, 0.1) is 0 Å². The van der Waals surface area contributed by atoms with E-state index in [4.69, 9.17) is 4.74 Å². The third kappa shape index (κ3) is 7.10. The zero-order chi connectivity index (χ0) is 16.2. The number of esters is 1. The molecule has 4 nitrogen and oxygen atoms in total. The lowest BCUT2D eigenvalue weighted by Gasteiger charge is -2.09. The summed E-state index contributed by atoms with van der Waals surface area (Å²) in [7, 11) is 1.43. The molecule has 4 heteroatoms. The number of Topliss-reactive ketones (excluding diaryl/α,β-unsaturated/α-hetero) is 1. The van der Waals surface area contributed by atoms with Crippen LogP contribution in [0.4, 0.5) is 0 Å². The highest BCUT2D eigenvalue weighted by Crippen LogP contribution is 2.28. The molecule has 0 N–H and O–H groups in total. The molecular formula is C18H30O4. The molecule has 0 aromatic carbocycles. The van der Waals surface area contributed by atoms with Gasteiger partial charge in [0.15, 0.2) is 5.78 Å². The number of hydrogen-bond donors (Lipinski definition) is 0. The van der Waals surface area contributed by atoms with Gasteiger partial charge in [-0.05, 0) is 25.7 Å². The molecule has 0 spiro atoms. The molecule has 0 fully saturated rings. The minimum atomic E-state index is -0.129. The molecule has 126 valence electrons. The maximum absolute atomic E-state index is 11.9. The average Bonchev–Trinajstić information content (AvgIpc) is 2.87. The molecule has 0 heterocycles. The Morgan fingerprint density at radius 1 is 1.05 bits per heavy atom. The van der Waals surface area contributed by atoms with Gasteiger partial charge in [-0.15, -0.1) is 0 Å². The number of carbonyl (C=O) groups is 2. The van der Waals surface area contributed by atoms with Crippen molar-refractivity contribution in [2.75, 3.05) is 13.7 Å². The first-order chi connectivity index (χ1) is 10.7. The predicted molar refractivity (Wildman–Crippen MR) is 86.5 cm³/mol. The van der Waals surface area contributed by atoms with Gasteiger partial charge in [0.05, 0.1) is 13.7 Å². The Balaban J connectivity index is 2.17. The lowest BCUT2D eigenvalue weighted by Crippen LogP contribution is -2.00. The monoisotopic (exact) mass is 310 g/mol. The Kier molecular flexibility index (Phi) is 9.60. The van der Waals surface area contributed by atoms with Crippen molar-refractivity contribution >= 4 is 11.8 Å². The van der Waals surface area contributed by atoms with Gasteiger partial charge in [-0.3, -0.25) is 9.59 Å². The van der Waals surface area contributed by atoms with Crippen LogP contribution in [0.5, 0.6) is 0 Å². The maximum Gasteiger partial charge on any atom is 0.305 e. The molecule has 0 amide bonds. The number of rotatable bonds is 12. The van der Waals surface area contributed by atoms with Crippen molar-refractivity contribution in [2.24, 2.45) is 0 Å². The van der Waals surface area contributed by atoms with Crippen molar-refractivity contribution in [1.29, 1.82) is 0 Å². The SMILES string of the molecule is CCCCOC1=C(CCCCCCCC(=O)OC)C(=O)CC1. The normalized spacial score (nSPS) is 14.5. The summed E-state index contributed by atoms with van der Waals surface area (Å²) in [6.07, 6.45) is 10.1. The van der Waals surface area contributed by atoms with Gasteiger partial charge < -0.3 is 9.47 Å². The van der Waals surface area contributed by atoms with Crippen LogP contribution in [0.3, 0.4) is 0 Å². The fourth-order valence-corrected chi connectivity index (χ4v) is 2.67. The molecule has 0 aromatic heterocycles. The Morgan fingerprint density at radius 3 is 2.50 bits per heavy atom. The molecule has 22 heavy (non-hydrogen) atoms. The van der Waals surface area contributed by atoms with E-state index in [9.17, 15) is 9.59 Å². The van der Waals surface area contributed by atoms with Crippen molar-refractivity contribution in [3.05, 3.63) is 11.3 Å². The van der Waals surface area contributed by atoms with Gasteiger partial charge >= 0.3 is 5.97 Å². The van der Waals surface area contributed by atoms with E-state index in [1.807, 2.05) is 0 Å². The van der Waals surface area contributed by atoms with E-state index in [1.54, 1.807) is 0 Å². The summed E-state index contributed by atoms with van der Waals surface area (Å²) in [6, 6.07) is 0. The van der Waals surface area contributed by atoms with Crippen LogP contribution in [-0.4, -0.2) is 25.5 Å². The number of methoxy groups -OCH3 is 1. The third-order valence-corrected chi connectivity index (χ3v) is 4.06. The van der Waals surface area contributed by atoms with Crippen LogP contribution in [0.1, 0.15) is 77.6 Å². The first-order valence-corrected chi connectivity index (χ1v) is 8.63. The molecule has 0 aromatic rings. The van der Waals surface area contributed by atoms with Gasteiger partial charge in [0, 0.05) is 24.8 Å². The van der Waals surface area contributed by atoms with Crippen LogP contribution in [0.15, 0.2) is 11.3 Å². The Labute approximate surface area is 134 Å². The van der Waals surface area contributed by atoms with E-state index in [0.29, 0.717) is 12.8 Å². The lowest BCUT2D eigenvalue weighted by molar-refractivity contribution is -0.140. The molecule has 0 saturated carbocycles. The summed E-state index contributed by atoms with van der Waals surface area (Å²) in [4.78, 5) is 22.9. The van der Waals surface area contributed by atoms with Crippen molar-refractivity contribution < 1.29 is 19.1 Å². The van der Waals surface area contributed by atoms with Crippen molar-refractivity contribution in [1.82, 2.24) is 0 Å². The number of ether oxygens (including phenoxy) is 2. The number of unbranched alkanes of at least 4 members (excludes halogenated alkanes) is 5. The highest BCUT2D eigenvalue weighted by Gasteiger charge is 2.23. The summed E-state index contributed by atoms with van der Waals surface area (Å²) in [6.45, 7) is 2.87. The summed E-state index contributed by atoms with van der Waals surface area (Å²) in [5.74, 6) is 1.09. The molecule has 0 aliphatic heterocycles. The van der Waals surface area contributed by atoms with Crippen molar-refractivity contribution in [3.63, 3.8) is 0 Å². The topological polar surface area (TPSA) is 52.6 Å². The van der Waals surface area contributed by atoms with Gasteiger partial charge in [-0.25, -0.2) is 0 Å². The van der Waals surface area contributed by atoms with E-state index >= 15 is 0 Å². The quantitative estimate of drug-likeness (QED) is 0.398. The zero-order valence-electron chi connectivity index (χ0n) is 14.1. The highest BCUT2D eigenvalue weighted by atomic mass is 16.5. The minimum Gasteiger partial charge on any atom is -0.498 e. The molecule has 1 rings (SSSR count). The molecule has 0 unspecified atom stereocenters. The van der Waals surface area contributed by atoms with E-state index in [0.717, 1.165) is 75.7 Å². The average molecular weight is 310 g/mol. The van der Waals surface area contributed by atoms with Crippen LogP contribution < -0.4 is 0 Å². The van der Waals surface area contributed by atoms with E-state index in [1.165, 1.54) is 7.11 Å². The van der Waals surface area contributed by atoms with Crippen molar-refractivity contribution in [2.45, 2.75) is 77.6 Å². The Hall–Kier alpha value is -1.32. The zero-order valence-corrected chi connectivity index (χ0v) is 14.1. The highest BCUT2D eigenvalue weighted by molar-refractivity contribution is 5.98. The number of carbonyl (C=O) groups excluding carboxylic acids is 2. The fourth-order valence-electron chi connectivity index (χ4n) is 2.67. The molecule has 0 saturated heterocycles. The standard InChI is InChI=1S/C18H30O4/c1-3-4-14-22-17-13-12-16(19)15(17)10-8-6-5-7-9-11-18(20)21-2/h3-14H2,1-2H3. The van der Waals surface area contributed by atoms with E-state index in [2.05, 4.69) is 11.7 Å². The van der Waals surface area contributed by atoms with Crippen molar-refractivity contribution in [3.8, 4) is 0 Å². The molecular weight excluding hydrogens is 280 g/mol. The number of hydrogen-bond acceptors (Lipinski definition) is 4. The molecule has 0 atom stereocenters. The van der Waals surface area contributed by atoms with E-state index in [-0.39, 0.29) is 11.8 Å². The van der Waals surface area contributed by atoms with Gasteiger partial charge in [0.2, 0.25) is 0 Å². The second-order valence-electron chi connectivity index (χ2n) is 5.87. The van der Waals surface area contributed by atoms with Gasteiger partial charge in [-0.2, -0.15) is 0 Å². The maximum atomic E-state index is 11.9. The smallest absolute Gasteiger partial charge is 0.305 e. The second kappa shape index (κ2) is 11.3. The summed E-state index contributed by atoms with van der Waals surface area (Å²) >= 11 is 0. The Bertz CT molecular complexity index is 385. The second-order valence-corrected chi connectivity index (χ2v) is 5.87. The summed E-state index contributed by atoms with van der Waals surface area (Å²) < 4.78 is 10.4. The first-order valence-electron chi connectivity index (χ1n) is 8.63. The van der Waals surface area contributed by atoms with Crippen LogP contribution in [-0.2, 0) is 19.1 Å². The summed E-state index contributed by atoms with van der Waals surface area (Å²) in [5.41, 5.74) is 0.936. The largest absolute Gasteiger partial charge is 0.498 e. The van der Waals surface area contributed by atoms with Crippen LogP contribution in [0.25, 0.3) is 0 Å². The molecule has 0 bridgehead atoms. The third-order valence-electron chi connectivity index (χ3n) is 4.06.